The highest BCUT2D eigenvalue weighted by molar-refractivity contribution is 5.44. The molecule has 0 aromatic carbocycles. The fourth-order valence-corrected chi connectivity index (χ4v) is 3.42. The van der Waals surface area contributed by atoms with Crippen molar-refractivity contribution in [1.29, 1.82) is 0 Å². The van der Waals surface area contributed by atoms with Gasteiger partial charge in [-0.3, -0.25) is 0 Å². The minimum atomic E-state index is 0.432. The summed E-state index contributed by atoms with van der Waals surface area (Å²) in [6.07, 6.45) is 12.5. The summed E-state index contributed by atoms with van der Waals surface area (Å²) in [7, 11) is 0. The second-order valence-electron chi connectivity index (χ2n) is 8.20. The zero-order valence-corrected chi connectivity index (χ0v) is 21.1. The summed E-state index contributed by atoms with van der Waals surface area (Å²) in [5.41, 5.74) is 2.17. The van der Waals surface area contributed by atoms with Crippen LogP contribution in [0.15, 0.2) is 42.9 Å². The summed E-state index contributed by atoms with van der Waals surface area (Å²) in [5, 5.41) is 3.37. The quantitative estimate of drug-likeness (QED) is 0.263. The van der Waals surface area contributed by atoms with Gasteiger partial charge in [0, 0.05) is 18.4 Å². The van der Waals surface area contributed by atoms with Crippen molar-refractivity contribution in [1.82, 2.24) is 14.4 Å². The van der Waals surface area contributed by atoms with Gasteiger partial charge in [-0.1, -0.05) is 47.5 Å². The number of fused-ring (bicyclic) bond motifs is 1. The third kappa shape index (κ3) is 8.95. The number of pyridine rings is 2. The number of unbranched alkanes of at least 4 members (excludes halogenated alkanes) is 4. The molecule has 1 N–H and O–H groups in total. The Balaban J connectivity index is 0.00000187. The molecule has 0 saturated carbocycles. The summed E-state index contributed by atoms with van der Waals surface area (Å²) in [6.45, 7) is 12.9. The minimum Gasteiger partial charge on any atom is -0.492 e. The average molecular weight is 455 g/mol. The van der Waals surface area contributed by atoms with Gasteiger partial charge in [0.2, 0.25) is 0 Å². The van der Waals surface area contributed by atoms with E-state index in [1.54, 1.807) is 6.20 Å². The van der Waals surface area contributed by atoms with Crippen LogP contribution in [0, 0.1) is 0 Å². The zero-order chi connectivity index (χ0) is 23.9. The van der Waals surface area contributed by atoms with Crippen LogP contribution in [0.3, 0.4) is 0 Å². The number of rotatable bonds is 14. The van der Waals surface area contributed by atoms with Gasteiger partial charge in [-0.25, -0.2) is 9.97 Å². The standard InChI is InChI=1S/C25H36N4O2.C2H6/c1-4-5-8-15-30-21-10-12-24(27-17-21)26-14-7-6-9-16-31-22-11-13-25-28-18-23(20(2)3)29(25)19-22;1-2/h10-13,17-20H,4-9,14-16H2,1-3H3,(H,26,27);1-2H3. The van der Waals surface area contributed by atoms with Crippen LogP contribution in [0.2, 0.25) is 0 Å². The Bertz CT molecular complexity index is 906. The van der Waals surface area contributed by atoms with Crippen LogP contribution in [0.25, 0.3) is 5.65 Å². The van der Waals surface area contributed by atoms with E-state index in [0.29, 0.717) is 5.92 Å². The molecule has 0 radical (unpaired) electrons. The molecule has 3 heterocycles. The Morgan fingerprint density at radius 2 is 1.58 bits per heavy atom. The number of hydrogen-bond donors (Lipinski definition) is 1. The highest BCUT2D eigenvalue weighted by Gasteiger charge is 2.07. The monoisotopic (exact) mass is 454 g/mol. The first kappa shape index (κ1) is 26.5. The first-order valence-electron chi connectivity index (χ1n) is 12.6. The average Bonchev–Trinajstić information content (AvgIpc) is 3.27. The van der Waals surface area contributed by atoms with Gasteiger partial charge in [-0.15, -0.1) is 0 Å². The number of nitrogens with zero attached hydrogens (tertiary/aromatic N) is 3. The van der Waals surface area contributed by atoms with Crippen LogP contribution >= 0.6 is 0 Å². The summed E-state index contributed by atoms with van der Waals surface area (Å²) in [4.78, 5) is 8.87. The predicted molar refractivity (Wildman–Crippen MR) is 138 cm³/mol. The molecule has 0 atom stereocenters. The maximum Gasteiger partial charge on any atom is 0.137 e. The molecule has 0 spiro atoms. The minimum absolute atomic E-state index is 0.432. The number of ether oxygens (including phenoxy) is 2. The molecular weight excluding hydrogens is 412 g/mol. The van der Waals surface area contributed by atoms with Gasteiger partial charge in [0.05, 0.1) is 25.6 Å². The fourth-order valence-electron chi connectivity index (χ4n) is 3.42. The van der Waals surface area contributed by atoms with Gasteiger partial charge in [0.25, 0.3) is 0 Å². The molecule has 3 aromatic heterocycles. The lowest BCUT2D eigenvalue weighted by Crippen LogP contribution is -2.05. The number of hydrogen-bond acceptors (Lipinski definition) is 5. The third-order valence-corrected chi connectivity index (χ3v) is 5.25. The second kappa shape index (κ2) is 15.1. The second-order valence-corrected chi connectivity index (χ2v) is 8.20. The van der Waals surface area contributed by atoms with Crippen LogP contribution in [0.4, 0.5) is 5.82 Å². The molecular formula is C27H42N4O2. The van der Waals surface area contributed by atoms with Crippen LogP contribution in [0.1, 0.15) is 84.8 Å². The molecule has 6 heteroatoms. The van der Waals surface area contributed by atoms with E-state index in [1.165, 1.54) is 18.5 Å². The van der Waals surface area contributed by atoms with Gasteiger partial charge in [-0.2, -0.15) is 0 Å². The third-order valence-electron chi connectivity index (χ3n) is 5.25. The largest absolute Gasteiger partial charge is 0.492 e. The SMILES string of the molecule is CC.CCCCCOc1ccc(NCCCCCOc2ccc3ncc(C(C)C)n3c2)nc1. The lowest BCUT2D eigenvalue weighted by atomic mass is 10.1. The van der Waals surface area contributed by atoms with Crippen molar-refractivity contribution in [3.63, 3.8) is 0 Å². The highest BCUT2D eigenvalue weighted by Crippen LogP contribution is 2.20. The molecule has 0 fully saturated rings. The van der Waals surface area contributed by atoms with E-state index in [2.05, 4.69) is 40.5 Å². The van der Waals surface area contributed by atoms with Crippen molar-refractivity contribution >= 4 is 11.5 Å². The Kier molecular flexibility index (Phi) is 12.2. The molecule has 0 aliphatic carbocycles. The lowest BCUT2D eigenvalue weighted by molar-refractivity contribution is 0.304. The van der Waals surface area contributed by atoms with Crippen LogP contribution in [-0.2, 0) is 0 Å². The van der Waals surface area contributed by atoms with Crippen molar-refractivity contribution in [2.75, 3.05) is 25.1 Å². The van der Waals surface area contributed by atoms with Crippen molar-refractivity contribution in [3.8, 4) is 11.5 Å². The van der Waals surface area contributed by atoms with E-state index in [4.69, 9.17) is 9.47 Å². The van der Waals surface area contributed by atoms with Crippen molar-refractivity contribution < 1.29 is 9.47 Å². The number of imidazole rings is 1. The predicted octanol–water partition coefficient (Wildman–Crippen LogP) is 7.11. The molecule has 0 unspecified atom stereocenters. The van der Waals surface area contributed by atoms with Crippen LogP contribution in [-0.4, -0.2) is 34.1 Å². The van der Waals surface area contributed by atoms with Crippen molar-refractivity contribution in [2.24, 2.45) is 0 Å². The fraction of sp³-hybridized carbons (Fsp3) is 0.556. The zero-order valence-electron chi connectivity index (χ0n) is 21.1. The van der Waals surface area contributed by atoms with Gasteiger partial charge < -0.3 is 19.2 Å². The van der Waals surface area contributed by atoms with Gasteiger partial charge in [0.1, 0.15) is 23.0 Å². The maximum atomic E-state index is 5.95. The summed E-state index contributed by atoms with van der Waals surface area (Å²) >= 11 is 0. The molecule has 0 bridgehead atoms. The Morgan fingerprint density at radius 1 is 0.848 bits per heavy atom. The van der Waals surface area contributed by atoms with E-state index in [-0.39, 0.29) is 0 Å². The first-order valence-corrected chi connectivity index (χ1v) is 12.6. The van der Waals surface area contributed by atoms with E-state index in [0.717, 1.165) is 68.4 Å². The number of nitrogens with one attached hydrogen (secondary N) is 1. The molecule has 182 valence electrons. The van der Waals surface area contributed by atoms with Crippen LogP contribution in [0.5, 0.6) is 11.5 Å². The smallest absolute Gasteiger partial charge is 0.137 e. The normalized spacial score (nSPS) is 10.7. The molecule has 0 saturated heterocycles. The summed E-state index contributed by atoms with van der Waals surface area (Å²) < 4.78 is 13.8. The van der Waals surface area contributed by atoms with E-state index in [1.807, 2.05) is 50.5 Å². The molecule has 0 aliphatic heterocycles. The van der Waals surface area contributed by atoms with Gasteiger partial charge >= 0.3 is 0 Å². The molecule has 3 rings (SSSR count). The van der Waals surface area contributed by atoms with E-state index in [9.17, 15) is 0 Å². The van der Waals surface area contributed by atoms with Crippen molar-refractivity contribution in [2.45, 2.75) is 79.1 Å². The molecule has 3 aromatic rings. The Hall–Kier alpha value is -2.76. The number of anilines is 1. The maximum absolute atomic E-state index is 5.95. The first-order chi connectivity index (χ1) is 16.2. The Labute approximate surface area is 199 Å². The lowest BCUT2D eigenvalue weighted by Gasteiger charge is -2.10. The van der Waals surface area contributed by atoms with Crippen LogP contribution < -0.4 is 14.8 Å². The molecule has 0 amide bonds. The van der Waals surface area contributed by atoms with Gasteiger partial charge in [-0.05, 0) is 55.9 Å². The molecule has 6 nitrogen and oxygen atoms in total. The molecule has 33 heavy (non-hydrogen) atoms. The molecule has 0 aliphatic rings. The van der Waals surface area contributed by atoms with Gasteiger partial charge in [0.15, 0.2) is 0 Å². The Morgan fingerprint density at radius 3 is 2.27 bits per heavy atom. The van der Waals surface area contributed by atoms with Crippen molar-refractivity contribution in [3.05, 3.63) is 48.5 Å². The summed E-state index contributed by atoms with van der Waals surface area (Å²) in [5.74, 6) is 3.06. The van der Waals surface area contributed by atoms with E-state index < -0.39 is 0 Å². The summed E-state index contributed by atoms with van der Waals surface area (Å²) in [6, 6.07) is 7.98. The highest BCUT2D eigenvalue weighted by atomic mass is 16.5. The van der Waals surface area contributed by atoms with E-state index >= 15 is 0 Å². The number of aromatic nitrogens is 3. The topological polar surface area (TPSA) is 60.7 Å².